The number of halogens is 1. The maximum atomic E-state index is 13.6. The van der Waals surface area contributed by atoms with Gasteiger partial charge < -0.3 is 25.0 Å². The fourth-order valence-electron chi connectivity index (χ4n) is 5.19. The number of carbonyl (C=O) groups excluding carboxylic acids is 3. The SMILES string of the molecule is Cc1ccc2cc1OCC(=O)NCc1ccc(cc1)O[C@H]1CCN(C(=O)c3ccc4cccc(Cl)c4n3)C[C@@H]1NC2=O. The second-order valence-corrected chi connectivity index (χ2v) is 10.9. The van der Waals surface area contributed by atoms with Crippen molar-refractivity contribution < 1.29 is 23.9 Å². The number of rotatable bonds is 1. The van der Waals surface area contributed by atoms with Gasteiger partial charge in [-0.1, -0.05) is 48.0 Å². The zero-order chi connectivity index (χ0) is 29.2. The van der Waals surface area contributed by atoms with E-state index in [9.17, 15) is 14.4 Å². The molecule has 42 heavy (non-hydrogen) atoms. The Kier molecular flexibility index (Phi) is 7.67. The number of nitrogens with zero attached hydrogens (tertiary/aromatic N) is 2. The monoisotopic (exact) mass is 584 g/mol. The van der Waals surface area contributed by atoms with E-state index in [4.69, 9.17) is 21.1 Å². The van der Waals surface area contributed by atoms with Crippen molar-refractivity contribution in [1.82, 2.24) is 20.5 Å². The quantitative estimate of drug-likeness (QED) is 0.345. The fourth-order valence-corrected chi connectivity index (χ4v) is 5.41. The van der Waals surface area contributed by atoms with Crippen molar-refractivity contribution >= 4 is 40.2 Å². The molecule has 4 bridgehead atoms. The molecule has 3 amide bonds. The summed E-state index contributed by atoms with van der Waals surface area (Å²) in [6.45, 7) is 2.66. The predicted octanol–water partition coefficient (Wildman–Crippen LogP) is 4.30. The van der Waals surface area contributed by atoms with Gasteiger partial charge in [-0.2, -0.15) is 0 Å². The van der Waals surface area contributed by atoms with Crippen LogP contribution in [0, 0.1) is 6.92 Å². The first-order chi connectivity index (χ1) is 20.3. The van der Waals surface area contributed by atoms with Crippen LogP contribution in [0.3, 0.4) is 0 Å². The number of para-hydroxylation sites is 1. The number of piperidine rings is 1. The van der Waals surface area contributed by atoms with Crippen LogP contribution in [0.2, 0.25) is 5.02 Å². The lowest BCUT2D eigenvalue weighted by Crippen LogP contribution is -2.58. The van der Waals surface area contributed by atoms with Crippen LogP contribution in [0.5, 0.6) is 11.5 Å². The van der Waals surface area contributed by atoms with E-state index in [1.165, 1.54) is 0 Å². The maximum absolute atomic E-state index is 13.6. The molecule has 2 atom stereocenters. The molecule has 214 valence electrons. The van der Waals surface area contributed by atoms with Crippen molar-refractivity contribution in [3.05, 3.63) is 100 Å². The van der Waals surface area contributed by atoms with Gasteiger partial charge >= 0.3 is 0 Å². The summed E-state index contributed by atoms with van der Waals surface area (Å²) >= 11 is 6.34. The number of likely N-dealkylation sites (tertiary alicyclic amines) is 1. The molecule has 0 saturated carbocycles. The van der Waals surface area contributed by atoms with Gasteiger partial charge in [-0.05, 0) is 54.4 Å². The molecule has 10 heteroatoms. The van der Waals surface area contributed by atoms with Gasteiger partial charge in [0.05, 0.1) is 16.6 Å². The van der Waals surface area contributed by atoms with Crippen LogP contribution < -0.4 is 20.1 Å². The molecule has 3 aliphatic rings. The lowest BCUT2D eigenvalue weighted by atomic mass is 10.00. The molecule has 0 aliphatic carbocycles. The minimum atomic E-state index is -0.511. The number of ether oxygens (including phenoxy) is 2. The first-order valence-electron chi connectivity index (χ1n) is 13.8. The van der Waals surface area contributed by atoms with E-state index in [-0.39, 0.29) is 42.7 Å². The van der Waals surface area contributed by atoms with Crippen molar-refractivity contribution in [2.45, 2.75) is 32.0 Å². The van der Waals surface area contributed by atoms with Gasteiger partial charge in [-0.3, -0.25) is 14.4 Å². The highest BCUT2D eigenvalue weighted by atomic mass is 35.5. The summed E-state index contributed by atoms with van der Waals surface area (Å²) in [7, 11) is 0. The van der Waals surface area contributed by atoms with Crippen LogP contribution in [0.25, 0.3) is 10.9 Å². The largest absolute Gasteiger partial charge is 0.488 e. The van der Waals surface area contributed by atoms with Gasteiger partial charge in [0.25, 0.3) is 17.7 Å². The Balaban J connectivity index is 1.29. The second-order valence-electron chi connectivity index (χ2n) is 10.5. The summed E-state index contributed by atoms with van der Waals surface area (Å²) in [5.74, 6) is 0.214. The summed E-state index contributed by atoms with van der Waals surface area (Å²) in [5.41, 5.74) is 2.93. The number of pyridine rings is 1. The highest BCUT2D eigenvalue weighted by Crippen LogP contribution is 2.25. The zero-order valence-electron chi connectivity index (χ0n) is 22.9. The minimum Gasteiger partial charge on any atom is -0.488 e. The molecule has 9 nitrogen and oxygen atoms in total. The number of fused-ring (bicyclic) bond motifs is 8. The van der Waals surface area contributed by atoms with Crippen LogP contribution in [-0.4, -0.2) is 59.4 Å². The predicted molar refractivity (Wildman–Crippen MR) is 158 cm³/mol. The molecule has 0 unspecified atom stereocenters. The van der Waals surface area contributed by atoms with E-state index < -0.39 is 6.04 Å². The molecule has 7 rings (SSSR count). The van der Waals surface area contributed by atoms with Gasteiger partial charge in [0.15, 0.2) is 6.61 Å². The first-order valence-corrected chi connectivity index (χ1v) is 14.1. The van der Waals surface area contributed by atoms with Crippen LogP contribution in [0.4, 0.5) is 0 Å². The number of benzene rings is 3. The molecule has 1 aromatic heterocycles. The van der Waals surface area contributed by atoms with Crippen LogP contribution in [0.1, 0.15) is 38.4 Å². The van der Waals surface area contributed by atoms with E-state index in [2.05, 4.69) is 15.6 Å². The minimum absolute atomic E-state index is 0.178. The lowest BCUT2D eigenvalue weighted by Gasteiger charge is -2.38. The number of amides is 3. The van der Waals surface area contributed by atoms with Gasteiger partial charge in [-0.25, -0.2) is 4.98 Å². The molecule has 3 aliphatic heterocycles. The highest BCUT2D eigenvalue weighted by molar-refractivity contribution is 6.35. The third kappa shape index (κ3) is 5.87. The molecule has 2 N–H and O–H groups in total. The lowest BCUT2D eigenvalue weighted by molar-refractivity contribution is -0.123. The second kappa shape index (κ2) is 11.7. The molecule has 3 aromatic carbocycles. The van der Waals surface area contributed by atoms with Crippen molar-refractivity contribution in [2.75, 3.05) is 19.7 Å². The summed E-state index contributed by atoms with van der Waals surface area (Å²) in [6.07, 6.45) is 0.102. The van der Waals surface area contributed by atoms with E-state index in [1.807, 2.05) is 49.4 Å². The van der Waals surface area contributed by atoms with E-state index in [0.29, 0.717) is 47.1 Å². The Labute approximate surface area is 247 Å². The number of hydrogen-bond acceptors (Lipinski definition) is 6. The van der Waals surface area contributed by atoms with Crippen molar-refractivity contribution in [1.29, 1.82) is 0 Å². The topological polar surface area (TPSA) is 110 Å². The summed E-state index contributed by atoms with van der Waals surface area (Å²) in [5, 5.41) is 7.25. The third-order valence-electron chi connectivity index (χ3n) is 7.55. The first kappa shape index (κ1) is 27.5. The highest BCUT2D eigenvalue weighted by Gasteiger charge is 2.35. The van der Waals surface area contributed by atoms with E-state index in [0.717, 1.165) is 16.5 Å². The zero-order valence-corrected chi connectivity index (χ0v) is 23.7. The molecule has 0 radical (unpaired) electrons. The van der Waals surface area contributed by atoms with Crippen LogP contribution >= 0.6 is 11.6 Å². The summed E-state index contributed by atoms with van der Waals surface area (Å²) < 4.78 is 12.1. The third-order valence-corrected chi connectivity index (χ3v) is 7.86. The van der Waals surface area contributed by atoms with Crippen LogP contribution in [0.15, 0.2) is 72.8 Å². The Morgan fingerprint density at radius 2 is 1.88 bits per heavy atom. The number of aromatic nitrogens is 1. The fraction of sp³-hybridized carbons (Fsp3) is 0.250. The summed E-state index contributed by atoms with van der Waals surface area (Å²) in [6, 6.07) is 21.0. The number of nitrogens with one attached hydrogen (secondary N) is 2. The molecule has 0 spiro atoms. The Morgan fingerprint density at radius 3 is 2.71 bits per heavy atom. The Morgan fingerprint density at radius 1 is 1.05 bits per heavy atom. The van der Waals surface area contributed by atoms with Gasteiger partial charge in [-0.15, -0.1) is 0 Å². The average molecular weight is 585 g/mol. The maximum Gasteiger partial charge on any atom is 0.272 e. The van der Waals surface area contributed by atoms with Gasteiger partial charge in [0, 0.05) is 37.0 Å². The molecule has 1 saturated heterocycles. The normalized spacial score (nSPS) is 19.1. The van der Waals surface area contributed by atoms with Gasteiger partial charge in [0.2, 0.25) is 0 Å². The number of aryl methyl sites for hydroxylation is 1. The standard InChI is InChI=1S/C32H29ClN4O5/c1-19-5-8-22-15-28(19)41-18-29(38)34-16-20-6-10-23(11-7-20)42-27-13-14-37(17-26(27)36-31(22)39)32(40)25-12-9-21-3-2-4-24(33)30(21)35-25/h2-12,15,26-27H,13-14,16-18H2,1H3,(H,34,38)(H,36,39)/t26-,27-/m0/s1. The van der Waals surface area contributed by atoms with E-state index in [1.54, 1.807) is 35.2 Å². The number of hydrogen-bond donors (Lipinski definition) is 2. The molecular weight excluding hydrogens is 556 g/mol. The van der Waals surface area contributed by atoms with Gasteiger partial charge in [0.1, 0.15) is 23.3 Å². The number of carbonyl (C=O) groups is 3. The molecule has 4 heterocycles. The van der Waals surface area contributed by atoms with Crippen molar-refractivity contribution in [2.24, 2.45) is 0 Å². The molecule has 4 aromatic rings. The van der Waals surface area contributed by atoms with Crippen molar-refractivity contribution in [3.63, 3.8) is 0 Å². The Hall–Kier alpha value is -4.63. The smallest absolute Gasteiger partial charge is 0.272 e. The molecular formula is C32H29ClN4O5. The summed E-state index contributed by atoms with van der Waals surface area (Å²) in [4.78, 5) is 45.7. The molecule has 1 fully saturated rings. The Bertz CT molecular complexity index is 1680. The average Bonchev–Trinajstić information content (AvgIpc) is 3.00. The van der Waals surface area contributed by atoms with E-state index >= 15 is 0 Å². The van der Waals surface area contributed by atoms with Crippen LogP contribution in [-0.2, 0) is 11.3 Å². The van der Waals surface area contributed by atoms with Crippen molar-refractivity contribution in [3.8, 4) is 11.5 Å².